The third-order valence-electron chi connectivity index (χ3n) is 4.47. The lowest BCUT2D eigenvalue weighted by molar-refractivity contribution is -0.199. The van der Waals surface area contributed by atoms with E-state index >= 15 is 0 Å². The molecule has 0 radical (unpaired) electrons. The number of ketones is 1. The van der Waals surface area contributed by atoms with E-state index in [2.05, 4.69) is 0 Å². The van der Waals surface area contributed by atoms with Crippen molar-refractivity contribution in [3.8, 4) is 0 Å². The number of aliphatic hydroxyl groups excluding tert-OH is 1. The standard InChI is InChI=1S/C18H30O7/c1-9(2)7-13(21)25-17-14(10(3)4)18(24-11(5)20)16(23-6)12(8-19)15(17)22/h9-10,12,14,16-19H,7-8H2,1-6H3. The first-order valence-corrected chi connectivity index (χ1v) is 8.68. The molecule has 0 spiro atoms. The number of esters is 2. The van der Waals surface area contributed by atoms with Crippen molar-refractivity contribution >= 4 is 17.7 Å². The summed E-state index contributed by atoms with van der Waals surface area (Å²) in [6.07, 6.45) is -2.45. The van der Waals surface area contributed by atoms with E-state index in [1.165, 1.54) is 14.0 Å². The van der Waals surface area contributed by atoms with Gasteiger partial charge in [-0.15, -0.1) is 0 Å². The Hall–Kier alpha value is -1.47. The summed E-state index contributed by atoms with van der Waals surface area (Å²) in [7, 11) is 1.40. The SMILES string of the molecule is COC1C(CO)C(=O)C(OC(=O)CC(C)C)C(C(C)C)C1OC(C)=O. The largest absolute Gasteiger partial charge is 0.459 e. The second-order valence-electron chi connectivity index (χ2n) is 7.30. The first kappa shape index (κ1) is 21.6. The molecule has 1 aliphatic carbocycles. The van der Waals surface area contributed by atoms with Crippen molar-refractivity contribution in [2.24, 2.45) is 23.7 Å². The van der Waals surface area contributed by atoms with Crippen LogP contribution in [-0.4, -0.2) is 54.9 Å². The molecule has 0 saturated heterocycles. The van der Waals surface area contributed by atoms with Gasteiger partial charge in [-0.2, -0.15) is 0 Å². The first-order valence-electron chi connectivity index (χ1n) is 8.68. The highest BCUT2D eigenvalue weighted by Crippen LogP contribution is 2.37. The van der Waals surface area contributed by atoms with Gasteiger partial charge >= 0.3 is 11.9 Å². The second kappa shape index (κ2) is 9.29. The van der Waals surface area contributed by atoms with Crippen molar-refractivity contribution < 1.29 is 33.7 Å². The van der Waals surface area contributed by atoms with Crippen molar-refractivity contribution in [1.29, 1.82) is 0 Å². The van der Waals surface area contributed by atoms with E-state index in [0.717, 1.165) is 0 Å². The smallest absolute Gasteiger partial charge is 0.306 e. The maximum atomic E-state index is 12.8. The maximum Gasteiger partial charge on any atom is 0.306 e. The molecule has 1 saturated carbocycles. The van der Waals surface area contributed by atoms with Crippen LogP contribution in [0.4, 0.5) is 0 Å². The Morgan fingerprint density at radius 2 is 1.72 bits per heavy atom. The molecular formula is C18H30O7. The minimum Gasteiger partial charge on any atom is -0.459 e. The summed E-state index contributed by atoms with van der Waals surface area (Å²) in [6, 6.07) is 0. The average molecular weight is 358 g/mol. The molecule has 5 atom stereocenters. The third kappa shape index (κ3) is 5.25. The number of aliphatic hydroxyl groups is 1. The second-order valence-corrected chi connectivity index (χ2v) is 7.30. The molecule has 0 aromatic rings. The Bertz CT molecular complexity index is 486. The summed E-state index contributed by atoms with van der Waals surface area (Å²) in [5, 5.41) is 9.66. The van der Waals surface area contributed by atoms with Gasteiger partial charge in [-0.1, -0.05) is 27.7 Å². The molecule has 0 aromatic heterocycles. The highest BCUT2D eigenvalue weighted by molar-refractivity contribution is 5.89. The predicted octanol–water partition coefficient (Wildman–Crippen LogP) is 1.35. The van der Waals surface area contributed by atoms with Crippen molar-refractivity contribution in [2.75, 3.05) is 13.7 Å². The van der Waals surface area contributed by atoms with Crippen LogP contribution in [0.5, 0.6) is 0 Å². The number of rotatable bonds is 7. The van der Waals surface area contributed by atoms with Gasteiger partial charge in [-0.25, -0.2) is 0 Å². The van der Waals surface area contributed by atoms with E-state index in [9.17, 15) is 19.5 Å². The topological polar surface area (TPSA) is 99.1 Å². The molecule has 0 heterocycles. The molecule has 7 nitrogen and oxygen atoms in total. The van der Waals surface area contributed by atoms with Crippen LogP contribution in [0.1, 0.15) is 41.0 Å². The van der Waals surface area contributed by atoms with Crippen LogP contribution < -0.4 is 0 Å². The Kier molecular flexibility index (Phi) is 8.02. The molecule has 1 fully saturated rings. The summed E-state index contributed by atoms with van der Waals surface area (Å²) >= 11 is 0. The summed E-state index contributed by atoms with van der Waals surface area (Å²) in [6.45, 7) is 8.28. The normalized spacial score (nSPS) is 29.8. The summed E-state index contributed by atoms with van der Waals surface area (Å²) in [5.41, 5.74) is 0. The van der Waals surface area contributed by atoms with Gasteiger partial charge in [0.15, 0.2) is 11.9 Å². The number of carbonyl (C=O) groups is 3. The van der Waals surface area contributed by atoms with Crippen LogP contribution in [0.25, 0.3) is 0 Å². The van der Waals surface area contributed by atoms with E-state index in [0.29, 0.717) is 0 Å². The number of hydrogen-bond acceptors (Lipinski definition) is 7. The van der Waals surface area contributed by atoms with Gasteiger partial charge in [-0.05, 0) is 11.8 Å². The fourth-order valence-corrected chi connectivity index (χ4v) is 3.40. The molecule has 7 heteroatoms. The van der Waals surface area contributed by atoms with E-state index in [-0.39, 0.29) is 18.3 Å². The van der Waals surface area contributed by atoms with E-state index in [4.69, 9.17) is 14.2 Å². The fraction of sp³-hybridized carbons (Fsp3) is 0.833. The zero-order chi connectivity index (χ0) is 19.3. The van der Waals surface area contributed by atoms with E-state index in [1.54, 1.807) is 0 Å². The van der Waals surface area contributed by atoms with Gasteiger partial charge in [0.25, 0.3) is 0 Å². The lowest BCUT2D eigenvalue weighted by Crippen LogP contribution is -2.61. The van der Waals surface area contributed by atoms with Gasteiger partial charge in [0.1, 0.15) is 12.2 Å². The van der Waals surface area contributed by atoms with Crippen LogP contribution in [-0.2, 0) is 28.6 Å². The summed E-state index contributed by atoms with van der Waals surface area (Å²) < 4.78 is 16.3. The lowest BCUT2D eigenvalue weighted by atomic mass is 9.70. The van der Waals surface area contributed by atoms with Crippen LogP contribution in [0, 0.1) is 23.7 Å². The predicted molar refractivity (Wildman–Crippen MR) is 89.6 cm³/mol. The number of hydrogen-bond donors (Lipinski definition) is 1. The van der Waals surface area contributed by atoms with Crippen LogP contribution in [0.15, 0.2) is 0 Å². The minimum absolute atomic E-state index is 0.0910. The van der Waals surface area contributed by atoms with Crippen molar-refractivity contribution in [3.05, 3.63) is 0 Å². The number of carbonyl (C=O) groups excluding carboxylic acids is 3. The van der Waals surface area contributed by atoms with Crippen molar-refractivity contribution in [3.63, 3.8) is 0 Å². The Morgan fingerprint density at radius 1 is 1.12 bits per heavy atom. The Morgan fingerprint density at radius 3 is 2.12 bits per heavy atom. The van der Waals surface area contributed by atoms with E-state index in [1.807, 2.05) is 27.7 Å². The zero-order valence-corrected chi connectivity index (χ0v) is 15.9. The van der Waals surface area contributed by atoms with Crippen LogP contribution in [0.2, 0.25) is 0 Å². The summed E-state index contributed by atoms with van der Waals surface area (Å²) in [5.74, 6) is -2.87. The van der Waals surface area contributed by atoms with Gasteiger partial charge in [-0.3, -0.25) is 14.4 Å². The maximum absolute atomic E-state index is 12.8. The summed E-state index contributed by atoms with van der Waals surface area (Å²) in [4.78, 5) is 36.5. The first-order chi connectivity index (χ1) is 11.6. The molecule has 0 aliphatic heterocycles. The third-order valence-corrected chi connectivity index (χ3v) is 4.47. The molecule has 0 aromatic carbocycles. The lowest BCUT2D eigenvalue weighted by Gasteiger charge is -2.45. The molecular weight excluding hydrogens is 328 g/mol. The van der Waals surface area contributed by atoms with Gasteiger partial charge in [0.05, 0.1) is 12.5 Å². The molecule has 1 rings (SSSR count). The van der Waals surface area contributed by atoms with Crippen LogP contribution in [0.3, 0.4) is 0 Å². The number of Topliss-reactive ketones (excluding diaryl/α,β-unsaturated/α-hetero) is 1. The average Bonchev–Trinajstić information content (AvgIpc) is 2.48. The van der Waals surface area contributed by atoms with Crippen LogP contribution >= 0.6 is 0 Å². The Balaban J connectivity index is 3.23. The highest BCUT2D eigenvalue weighted by atomic mass is 16.6. The molecule has 0 amide bonds. The molecule has 144 valence electrons. The minimum atomic E-state index is -1.07. The molecule has 5 unspecified atom stereocenters. The number of methoxy groups -OCH3 is 1. The fourth-order valence-electron chi connectivity index (χ4n) is 3.40. The molecule has 1 aliphatic rings. The molecule has 1 N–H and O–H groups in total. The molecule has 0 bridgehead atoms. The number of ether oxygens (including phenoxy) is 3. The van der Waals surface area contributed by atoms with E-state index < -0.39 is 54.5 Å². The van der Waals surface area contributed by atoms with Gasteiger partial charge in [0, 0.05) is 26.4 Å². The highest BCUT2D eigenvalue weighted by Gasteiger charge is 2.54. The monoisotopic (exact) mass is 358 g/mol. The molecule has 25 heavy (non-hydrogen) atoms. The van der Waals surface area contributed by atoms with Crippen molar-refractivity contribution in [2.45, 2.75) is 59.4 Å². The van der Waals surface area contributed by atoms with Gasteiger partial charge in [0.2, 0.25) is 0 Å². The van der Waals surface area contributed by atoms with Crippen molar-refractivity contribution in [1.82, 2.24) is 0 Å². The zero-order valence-electron chi connectivity index (χ0n) is 15.9. The van der Waals surface area contributed by atoms with Gasteiger partial charge < -0.3 is 19.3 Å². The quantitative estimate of drug-likeness (QED) is 0.686. The Labute approximate surface area is 149 Å².